The molecule has 2 aromatic rings. The van der Waals surface area contributed by atoms with Crippen molar-refractivity contribution in [2.24, 2.45) is 0 Å². The Balaban J connectivity index is 1.86. The van der Waals surface area contributed by atoms with Crippen LogP contribution in [-0.4, -0.2) is 29.1 Å². The molecule has 1 amide bonds. The third-order valence-corrected chi connectivity index (χ3v) is 3.50. The van der Waals surface area contributed by atoms with E-state index in [0.717, 1.165) is 6.42 Å². The van der Waals surface area contributed by atoms with Crippen LogP contribution in [0.2, 0.25) is 0 Å². The molecule has 1 atom stereocenters. The van der Waals surface area contributed by atoms with Gasteiger partial charge in [-0.15, -0.1) is 0 Å². The summed E-state index contributed by atoms with van der Waals surface area (Å²) >= 11 is 0. The zero-order chi connectivity index (χ0) is 16.8. The van der Waals surface area contributed by atoms with E-state index in [1.165, 1.54) is 4.57 Å². The Labute approximate surface area is 133 Å². The molecule has 0 fully saturated rings. The third kappa shape index (κ3) is 4.45. The van der Waals surface area contributed by atoms with Gasteiger partial charge in [-0.2, -0.15) is 0 Å². The second kappa shape index (κ2) is 7.62. The number of aromatic nitrogens is 1. The number of nitrogens with one attached hydrogen (secondary N) is 1. The van der Waals surface area contributed by atoms with Gasteiger partial charge in [0.05, 0.1) is 11.9 Å². The van der Waals surface area contributed by atoms with Gasteiger partial charge < -0.3 is 14.5 Å². The summed E-state index contributed by atoms with van der Waals surface area (Å²) in [5.74, 6) is -1.39. The summed E-state index contributed by atoms with van der Waals surface area (Å²) in [7, 11) is 0. The number of esters is 1. The number of rotatable bonds is 7. The van der Waals surface area contributed by atoms with Crippen molar-refractivity contribution in [3.8, 4) is 0 Å². The van der Waals surface area contributed by atoms with Gasteiger partial charge in [0.15, 0.2) is 12.2 Å². The Bertz CT molecular complexity index is 746. The van der Waals surface area contributed by atoms with Crippen LogP contribution in [0.1, 0.15) is 26.7 Å². The summed E-state index contributed by atoms with van der Waals surface area (Å²) < 4.78 is 11.4. The van der Waals surface area contributed by atoms with Crippen molar-refractivity contribution in [2.45, 2.75) is 39.3 Å². The van der Waals surface area contributed by atoms with Gasteiger partial charge in [-0.1, -0.05) is 19.1 Å². The van der Waals surface area contributed by atoms with Gasteiger partial charge in [0.2, 0.25) is 0 Å². The van der Waals surface area contributed by atoms with Crippen molar-refractivity contribution in [1.29, 1.82) is 0 Å². The first kappa shape index (κ1) is 16.8. The molecule has 1 N–H and O–H groups in total. The predicted molar refractivity (Wildman–Crippen MR) is 83.9 cm³/mol. The number of aryl methyl sites for hydroxylation is 1. The largest absolute Gasteiger partial charge is 0.456 e. The lowest BCUT2D eigenvalue weighted by Gasteiger charge is -2.11. The standard InChI is InChI=1S/C16H20N2O5/c1-3-11(2)17-14(19)10-22-15(20)8-9-18-12-6-4-5-7-13(12)23-16(18)21/h4-7,11H,3,8-10H2,1-2H3,(H,17,19). The average molecular weight is 320 g/mol. The Kier molecular flexibility index (Phi) is 5.56. The van der Waals surface area contributed by atoms with Crippen molar-refractivity contribution < 1.29 is 18.7 Å². The summed E-state index contributed by atoms with van der Waals surface area (Å²) in [6.45, 7) is 3.64. The van der Waals surface area contributed by atoms with Crippen LogP contribution in [0.3, 0.4) is 0 Å². The first-order valence-corrected chi connectivity index (χ1v) is 7.54. The van der Waals surface area contributed by atoms with Gasteiger partial charge >= 0.3 is 11.7 Å². The fourth-order valence-corrected chi connectivity index (χ4v) is 2.07. The van der Waals surface area contributed by atoms with Crippen molar-refractivity contribution in [3.05, 3.63) is 34.8 Å². The lowest BCUT2D eigenvalue weighted by atomic mass is 10.2. The summed E-state index contributed by atoms with van der Waals surface area (Å²) in [5, 5.41) is 2.70. The Morgan fingerprint density at radius 1 is 1.35 bits per heavy atom. The number of carbonyl (C=O) groups excluding carboxylic acids is 2. The van der Waals surface area contributed by atoms with Crippen LogP contribution >= 0.6 is 0 Å². The normalized spacial score (nSPS) is 12.1. The lowest BCUT2D eigenvalue weighted by Crippen LogP contribution is -2.35. The SMILES string of the molecule is CCC(C)NC(=O)COC(=O)CCn1c(=O)oc2ccccc21. The molecule has 0 saturated carbocycles. The fraction of sp³-hybridized carbons (Fsp3) is 0.438. The van der Waals surface area contributed by atoms with Crippen LogP contribution in [0, 0.1) is 0 Å². The van der Waals surface area contributed by atoms with Gasteiger partial charge in [-0.3, -0.25) is 14.2 Å². The molecule has 1 unspecified atom stereocenters. The van der Waals surface area contributed by atoms with Crippen molar-refractivity contribution >= 4 is 23.0 Å². The van der Waals surface area contributed by atoms with Crippen LogP contribution in [0.15, 0.2) is 33.5 Å². The first-order valence-electron chi connectivity index (χ1n) is 7.54. The molecule has 0 aliphatic heterocycles. The maximum absolute atomic E-state index is 11.8. The van der Waals surface area contributed by atoms with Gasteiger partial charge in [0, 0.05) is 12.6 Å². The van der Waals surface area contributed by atoms with Crippen LogP contribution in [-0.2, 0) is 20.9 Å². The van der Waals surface area contributed by atoms with E-state index < -0.39 is 11.7 Å². The monoisotopic (exact) mass is 320 g/mol. The molecule has 0 spiro atoms. The molecule has 2 rings (SSSR count). The number of hydrogen-bond acceptors (Lipinski definition) is 5. The number of hydrogen-bond donors (Lipinski definition) is 1. The number of amides is 1. The van der Waals surface area contributed by atoms with E-state index in [9.17, 15) is 14.4 Å². The summed E-state index contributed by atoms with van der Waals surface area (Å²) in [5.41, 5.74) is 1.10. The molecule has 23 heavy (non-hydrogen) atoms. The Morgan fingerprint density at radius 2 is 2.09 bits per heavy atom. The van der Waals surface area contributed by atoms with E-state index in [-0.39, 0.29) is 31.5 Å². The molecule has 0 radical (unpaired) electrons. The van der Waals surface area contributed by atoms with Crippen molar-refractivity contribution in [2.75, 3.05) is 6.61 Å². The summed E-state index contributed by atoms with van der Waals surface area (Å²) in [6.07, 6.45) is 0.788. The Hall–Kier alpha value is -2.57. The highest BCUT2D eigenvalue weighted by molar-refractivity contribution is 5.80. The zero-order valence-electron chi connectivity index (χ0n) is 13.2. The molecule has 0 aliphatic rings. The van der Waals surface area contributed by atoms with Gasteiger partial charge in [0.25, 0.3) is 5.91 Å². The minimum atomic E-state index is -0.540. The van der Waals surface area contributed by atoms with E-state index in [0.29, 0.717) is 11.1 Å². The number of para-hydroxylation sites is 2. The van der Waals surface area contributed by atoms with Crippen molar-refractivity contribution in [3.63, 3.8) is 0 Å². The average Bonchev–Trinajstić information content (AvgIpc) is 2.86. The number of nitrogens with zero attached hydrogens (tertiary/aromatic N) is 1. The van der Waals surface area contributed by atoms with E-state index in [1.54, 1.807) is 24.3 Å². The second-order valence-electron chi connectivity index (χ2n) is 5.27. The molecule has 124 valence electrons. The third-order valence-electron chi connectivity index (χ3n) is 3.50. The topological polar surface area (TPSA) is 90.5 Å². The quantitative estimate of drug-likeness (QED) is 0.780. The molecule has 1 aromatic carbocycles. The first-order chi connectivity index (χ1) is 11.0. The number of fused-ring (bicyclic) bond motifs is 1. The van der Waals surface area contributed by atoms with Crippen LogP contribution < -0.4 is 11.1 Å². The van der Waals surface area contributed by atoms with Crippen LogP contribution in [0.25, 0.3) is 11.1 Å². The van der Waals surface area contributed by atoms with E-state index in [1.807, 2.05) is 13.8 Å². The lowest BCUT2D eigenvalue weighted by molar-refractivity contribution is -0.148. The van der Waals surface area contributed by atoms with E-state index in [4.69, 9.17) is 9.15 Å². The number of carbonyl (C=O) groups is 2. The van der Waals surface area contributed by atoms with Crippen LogP contribution in [0.5, 0.6) is 0 Å². The molecule has 0 saturated heterocycles. The van der Waals surface area contributed by atoms with Crippen molar-refractivity contribution in [1.82, 2.24) is 9.88 Å². The van der Waals surface area contributed by atoms with E-state index >= 15 is 0 Å². The number of oxazole rings is 1. The number of ether oxygens (including phenoxy) is 1. The van der Waals surface area contributed by atoms with Gasteiger partial charge in [0.1, 0.15) is 0 Å². The predicted octanol–water partition coefficient (Wildman–Crippen LogP) is 1.44. The molecule has 0 bridgehead atoms. The highest BCUT2D eigenvalue weighted by Crippen LogP contribution is 2.12. The van der Waals surface area contributed by atoms with Gasteiger partial charge in [-0.05, 0) is 25.5 Å². The van der Waals surface area contributed by atoms with Gasteiger partial charge in [-0.25, -0.2) is 4.79 Å². The maximum atomic E-state index is 11.8. The fourth-order valence-electron chi connectivity index (χ4n) is 2.07. The number of benzene rings is 1. The van der Waals surface area contributed by atoms with Crippen LogP contribution in [0.4, 0.5) is 0 Å². The zero-order valence-corrected chi connectivity index (χ0v) is 13.2. The molecule has 1 heterocycles. The minimum absolute atomic E-state index is 0.0138. The minimum Gasteiger partial charge on any atom is -0.456 e. The second-order valence-corrected chi connectivity index (χ2v) is 5.27. The highest BCUT2D eigenvalue weighted by Gasteiger charge is 2.12. The smallest absolute Gasteiger partial charge is 0.419 e. The molecule has 0 aliphatic carbocycles. The highest BCUT2D eigenvalue weighted by atomic mass is 16.5. The molecule has 7 nitrogen and oxygen atoms in total. The maximum Gasteiger partial charge on any atom is 0.419 e. The molecular formula is C16H20N2O5. The molecule has 7 heteroatoms. The molecule has 1 aromatic heterocycles. The van der Waals surface area contributed by atoms with E-state index in [2.05, 4.69) is 5.32 Å². The molecular weight excluding hydrogens is 300 g/mol. The summed E-state index contributed by atoms with van der Waals surface area (Å²) in [4.78, 5) is 35.0. The summed E-state index contributed by atoms with van der Waals surface area (Å²) in [6, 6.07) is 7.01. The Morgan fingerprint density at radius 3 is 2.83 bits per heavy atom.